The van der Waals surface area contributed by atoms with E-state index in [-0.39, 0.29) is 5.91 Å². The van der Waals surface area contributed by atoms with Crippen molar-refractivity contribution in [3.63, 3.8) is 0 Å². The van der Waals surface area contributed by atoms with Crippen molar-refractivity contribution in [2.75, 3.05) is 10.6 Å². The van der Waals surface area contributed by atoms with Gasteiger partial charge in [-0.25, -0.2) is 0 Å². The van der Waals surface area contributed by atoms with Gasteiger partial charge in [-0.2, -0.15) is 0 Å². The lowest BCUT2D eigenvalue weighted by Crippen LogP contribution is -2.13. The Labute approximate surface area is 131 Å². The topological polar surface area (TPSA) is 66.9 Å². The van der Waals surface area contributed by atoms with Gasteiger partial charge in [0.05, 0.1) is 0 Å². The van der Waals surface area contributed by atoms with Gasteiger partial charge in [0, 0.05) is 13.0 Å². The van der Waals surface area contributed by atoms with Gasteiger partial charge < -0.3 is 10.6 Å². The Kier molecular flexibility index (Phi) is 5.89. The highest BCUT2D eigenvalue weighted by Gasteiger charge is 2.04. The highest BCUT2D eigenvalue weighted by atomic mass is 16.1. The van der Waals surface area contributed by atoms with Crippen molar-refractivity contribution in [3.8, 4) is 0 Å². The smallest absolute Gasteiger partial charge is 0.225 e. The lowest BCUT2D eigenvalue weighted by molar-refractivity contribution is -0.116. The number of hydrogen-bond acceptors (Lipinski definition) is 4. The first-order valence-electron chi connectivity index (χ1n) is 7.61. The number of nitrogens with zero attached hydrogens (tertiary/aromatic N) is 2. The number of aryl methyl sites for hydroxylation is 1. The normalized spacial score (nSPS) is 10.3. The van der Waals surface area contributed by atoms with E-state index < -0.39 is 0 Å². The maximum absolute atomic E-state index is 11.6. The van der Waals surface area contributed by atoms with E-state index in [4.69, 9.17) is 0 Å². The Morgan fingerprint density at radius 1 is 1.09 bits per heavy atom. The number of amides is 1. The Morgan fingerprint density at radius 2 is 1.82 bits per heavy atom. The zero-order chi connectivity index (χ0) is 15.8. The maximum Gasteiger partial charge on any atom is 0.225 e. The van der Waals surface area contributed by atoms with Gasteiger partial charge in [0.1, 0.15) is 5.82 Å². The van der Waals surface area contributed by atoms with Crippen LogP contribution in [-0.4, -0.2) is 16.1 Å². The van der Waals surface area contributed by atoms with Crippen molar-refractivity contribution < 1.29 is 4.79 Å². The van der Waals surface area contributed by atoms with Crippen molar-refractivity contribution >= 4 is 17.5 Å². The number of carbonyl (C=O) groups excluding carboxylic acids is 1. The van der Waals surface area contributed by atoms with E-state index in [1.165, 1.54) is 11.1 Å². The third kappa shape index (κ3) is 4.84. The third-order valence-corrected chi connectivity index (χ3v) is 3.41. The minimum absolute atomic E-state index is 0.0169. The van der Waals surface area contributed by atoms with Crippen molar-refractivity contribution in [1.29, 1.82) is 0 Å². The molecule has 0 aliphatic heterocycles. The van der Waals surface area contributed by atoms with Crippen molar-refractivity contribution in [3.05, 3.63) is 47.5 Å². The monoisotopic (exact) mass is 298 g/mol. The molecule has 0 saturated heterocycles. The molecule has 0 aliphatic carbocycles. The summed E-state index contributed by atoms with van der Waals surface area (Å²) in [5.74, 6) is 1.16. The molecule has 0 atom stereocenters. The predicted octanol–water partition coefficient (Wildman–Crippen LogP) is 3.53. The Balaban J connectivity index is 1.87. The second kappa shape index (κ2) is 8.12. The fraction of sp³-hybridized carbons (Fsp3) is 0.353. The first kappa shape index (κ1) is 15.9. The average molecular weight is 298 g/mol. The molecule has 1 heterocycles. The quantitative estimate of drug-likeness (QED) is 0.820. The summed E-state index contributed by atoms with van der Waals surface area (Å²) in [6, 6.07) is 11.8. The number of carbonyl (C=O) groups is 1. The van der Waals surface area contributed by atoms with E-state index >= 15 is 0 Å². The molecule has 0 unspecified atom stereocenters. The van der Waals surface area contributed by atoms with Gasteiger partial charge in [-0.05, 0) is 36.6 Å². The molecule has 1 amide bonds. The van der Waals surface area contributed by atoms with Gasteiger partial charge in [0.25, 0.3) is 0 Å². The Hall–Kier alpha value is -2.43. The summed E-state index contributed by atoms with van der Waals surface area (Å²) in [5, 5.41) is 14.1. The molecule has 0 saturated carbocycles. The standard InChI is InChI=1S/C17H22N4O/c1-3-4-9-17(22)19-16-11-10-15(20-21-16)18-12-14-8-6-5-7-13(14)2/h5-8,10-11H,3-4,9,12H2,1-2H3,(H,18,20)(H,19,21,22). The molecule has 1 aromatic carbocycles. The molecule has 0 radical (unpaired) electrons. The van der Waals surface area contributed by atoms with Crippen LogP contribution in [-0.2, 0) is 11.3 Å². The van der Waals surface area contributed by atoms with Gasteiger partial charge in [0.15, 0.2) is 5.82 Å². The number of rotatable bonds is 7. The van der Waals surface area contributed by atoms with Gasteiger partial charge in [-0.15, -0.1) is 10.2 Å². The molecular weight excluding hydrogens is 276 g/mol. The lowest BCUT2D eigenvalue weighted by atomic mass is 10.1. The van der Waals surface area contributed by atoms with Crippen LogP contribution < -0.4 is 10.6 Å². The fourth-order valence-electron chi connectivity index (χ4n) is 2.03. The number of unbranched alkanes of at least 4 members (excludes halogenated alkanes) is 1. The molecule has 1 aromatic heterocycles. The predicted molar refractivity (Wildman–Crippen MR) is 88.7 cm³/mol. The lowest BCUT2D eigenvalue weighted by Gasteiger charge is -2.08. The number of benzene rings is 1. The van der Waals surface area contributed by atoms with Gasteiger partial charge in [-0.3, -0.25) is 4.79 Å². The van der Waals surface area contributed by atoms with Crippen LogP contribution in [0.2, 0.25) is 0 Å². The van der Waals surface area contributed by atoms with E-state index in [2.05, 4.69) is 46.8 Å². The highest BCUT2D eigenvalue weighted by molar-refractivity contribution is 5.89. The molecule has 0 aliphatic rings. The fourth-order valence-corrected chi connectivity index (χ4v) is 2.03. The summed E-state index contributed by atoms with van der Waals surface area (Å²) in [5.41, 5.74) is 2.46. The molecule has 0 spiro atoms. The third-order valence-electron chi connectivity index (χ3n) is 3.41. The largest absolute Gasteiger partial charge is 0.364 e. The molecule has 22 heavy (non-hydrogen) atoms. The Bertz CT molecular complexity index is 610. The molecule has 2 rings (SSSR count). The summed E-state index contributed by atoms with van der Waals surface area (Å²) < 4.78 is 0. The van der Waals surface area contributed by atoms with Crippen LogP contribution in [0, 0.1) is 6.92 Å². The van der Waals surface area contributed by atoms with Crippen LogP contribution >= 0.6 is 0 Å². The maximum atomic E-state index is 11.6. The van der Waals surface area contributed by atoms with Crippen molar-refractivity contribution in [2.24, 2.45) is 0 Å². The highest BCUT2D eigenvalue weighted by Crippen LogP contribution is 2.11. The first-order chi connectivity index (χ1) is 10.7. The summed E-state index contributed by atoms with van der Waals surface area (Å²) in [7, 11) is 0. The number of aromatic nitrogens is 2. The molecule has 116 valence electrons. The van der Waals surface area contributed by atoms with Gasteiger partial charge >= 0.3 is 0 Å². The molecule has 2 aromatic rings. The Morgan fingerprint density at radius 3 is 2.50 bits per heavy atom. The first-order valence-corrected chi connectivity index (χ1v) is 7.61. The summed E-state index contributed by atoms with van der Waals surface area (Å²) >= 11 is 0. The minimum Gasteiger partial charge on any atom is -0.364 e. The van der Waals surface area contributed by atoms with E-state index in [1.807, 2.05) is 18.2 Å². The summed E-state index contributed by atoms with van der Waals surface area (Å²) in [6.07, 6.45) is 2.40. The zero-order valence-corrected chi connectivity index (χ0v) is 13.1. The van der Waals surface area contributed by atoms with Crippen LogP contribution in [0.4, 0.5) is 11.6 Å². The van der Waals surface area contributed by atoms with Crippen molar-refractivity contribution in [2.45, 2.75) is 39.7 Å². The van der Waals surface area contributed by atoms with Crippen molar-refractivity contribution in [1.82, 2.24) is 10.2 Å². The van der Waals surface area contributed by atoms with Crippen LogP contribution in [0.25, 0.3) is 0 Å². The van der Waals surface area contributed by atoms with E-state index in [0.717, 1.165) is 12.8 Å². The molecule has 0 bridgehead atoms. The summed E-state index contributed by atoms with van der Waals surface area (Å²) in [6.45, 7) is 4.84. The van der Waals surface area contributed by atoms with E-state index in [9.17, 15) is 4.79 Å². The van der Waals surface area contributed by atoms with Crippen LogP contribution in [0.15, 0.2) is 36.4 Å². The number of hydrogen-bond donors (Lipinski definition) is 2. The molecule has 2 N–H and O–H groups in total. The SMILES string of the molecule is CCCCC(=O)Nc1ccc(NCc2ccccc2C)nn1. The van der Waals surface area contributed by atoms with E-state index in [0.29, 0.717) is 24.6 Å². The molecule has 5 heteroatoms. The van der Waals surface area contributed by atoms with Crippen LogP contribution in [0.3, 0.4) is 0 Å². The minimum atomic E-state index is -0.0169. The molecule has 0 fully saturated rings. The number of anilines is 2. The van der Waals surface area contributed by atoms with Crippen LogP contribution in [0.1, 0.15) is 37.3 Å². The van der Waals surface area contributed by atoms with Gasteiger partial charge in [-0.1, -0.05) is 37.6 Å². The molecular formula is C17H22N4O. The average Bonchev–Trinajstić information content (AvgIpc) is 2.53. The second-order valence-corrected chi connectivity index (χ2v) is 5.24. The summed E-state index contributed by atoms with van der Waals surface area (Å²) in [4.78, 5) is 11.6. The van der Waals surface area contributed by atoms with E-state index in [1.54, 1.807) is 6.07 Å². The second-order valence-electron chi connectivity index (χ2n) is 5.24. The van der Waals surface area contributed by atoms with Gasteiger partial charge in [0.2, 0.25) is 5.91 Å². The van der Waals surface area contributed by atoms with Crippen LogP contribution in [0.5, 0.6) is 0 Å². The number of nitrogens with one attached hydrogen (secondary N) is 2. The zero-order valence-electron chi connectivity index (χ0n) is 13.1. The molecule has 5 nitrogen and oxygen atoms in total.